The maximum atomic E-state index is 11.8. The lowest BCUT2D eigenvalue weighted by atomic mass is 10.2. The number of hydrogen-bond acceptors (Lipinski definition) is 3. The van der Waals surface area contributed by atoms with Gasteiger partial charge in [0.2, 0.25) is 0 Å². The van der Waals surface area contributed by atoms with Crippen LogP contribution >= 0.6 is 0 Å². The van der Waals surface area contributed by atoms with Gasteiger partial charge in [0.1, 0.15) is 5.76 Å². The first kappa shape index (κ1) is 12.6. The average molecular weight is 225 g/mol. The van der Waals surface area contributed by atoms with Gasteiger partial charge in [-0.15, -0.1) is 0 Å². The molecule has 1 heterocycles. The zero-order valence-electron chi connectivity index (χ0n) is 10.3. The maximum absolute atomic E-state index is 11.8. The van der Waals surface area contributed by atoms with Crippen LogP contribution in [0.25, 0.3) is 0 Å². The molecule has 1 amide bonds. The zero-order valence-corrected chi connectivity index (χ0v) is 10.3. The van der Waals surface area contributed by atoms with Crippen molar-refractivity contribution in [3.63, 3.8) is 0 Å². The molecule has 0 aliphatic heterocycles. The van der Waals surface area contributed by atoms with Gasteiger partial charge in [0, 0.05) is 12.1 Å². The molecule has 0 unspecified atom stereocenters. The number of nitrogens with zero attached hydrogens (tertiary/aromatic N) is 1. The highest BCUT2D eigenvalue weighted by Gasteiger charge is 2.21. The van der Waals surface area contributed by atoms with Crippen LogP contribution in [0, 0.1) is 0 Å². The second kappa shape index (κ2) is 5.58. The number of carbonyl (C=O) groups excluding carboxylic acids is 1. The summed E-state index contributed by atoms with van der Waals surface area (Å²) in [5, 5.41) is 0. The molecule has 1 aromatic rings. The molecule has 0 atom stereocenters. The molecule has 90 valence electrons. The molecule has 0 N–H and O–H groups in total. The summed E-state index contributed by atoms with van der Waals surface area (Å²) < 4.78 is 10.3. The number of hydrogen-bond donors (Lipinski definition) is 0. The number of rotatable bonds is 4. The van der Waals surface area contributed by atoms with Crippen molar-refractivity contribution in [1.29, 1.82) is 0 Å². The molecular weight excluding hydrogens is 206 g/mol. The Bertz CT molecular complexity index is 309. The standard InChI is InChI=1S/C12H19NO3/c1-9(2)13(10(3)4)12(14)16-8-11-6-5-7-15-11/h5-7,9-10H,8H2,1-4H3. The van der Waals surface area contributed by atoms with Crippen molar-refractivity contribution in [1.82, 2.24) is 4.90 Å². The van der Waals surface area contributed by atoms with E-state index in [2.05, 4.69) is 0 Å². The Labute approximate surface area is 96.2 Å². The van der Waals surface area contributed by atoms with Crippen LogP contribution in [0.5, 0.6) is 0 Å². The lowest BCUT2D eigenvalue weighted by molar-refractivity contribution is 0.0688. The fourth-order valence-electron chi connectivity index (χ4n) is 1.62. The highest BCUT2D eigenvalue weighted by atomic mass is 16.6. The van der Waals surface area contributed by atoms with Crippen molar-refractivity contribution in [2.45, 2.75) is 46.4 Å². The fraction of sp³-hybridized carbons (Fsp3) is 0.583. The van der Waals surface area contributed by atoms with E-state index in [9.17, 15) is 4.79 Å². The van der Waals surface area contributed by atoms with Crippen LogP contribution in [0.15, 0.2) is 22.8 Å². The molecular formula is C12H19NO3. The van der Waals surface area contributed by atoms with Gasteiger partial charge in [-0.1, -0.05) is 0 Å². The van der Waals surface area contributed by atoms with Crippen LogP contribution in [0.2, 0.25) is 0 Å². The van der Waals surface area contributed by atoms with Crippen LogP contribution in [0.3, 0.4) is 0 Å². The van der Waals surface area contributed by atoms with Gasteiger partial charge in [0.05, 0.1) is 6.26 Å². The molecule has 0 bridgehead atoms. The molecule has 4 nitrogen and oxygen atoms in total. The highest BCUT2D eigenvalue weighted by Crippen LogP contribution is 2.09. The minimum Gasteiger partial charge on any atom is -0.466 e. The van der Waals surface area contributed by atoms with Crippen LogP contribution in [0.1, 0.15) is 33.5 Å². The van der Waals surface area contributed by atoms with E-state index in [0.717, 1.165) is 0 Å². The Kier molecular flexibility index (Phi) is 4.40. The third kappa shape index (κ3) is 3.29. The summed E-state index contributed by atoms with van der Waals surface area (Å²) in [6.45, 7) is 8.05. The smallest absolute Gasteiger partial charge is 0.410 e. The van der Waals surface area contributed by atoms with Crippen molar-refractivity contribution in [3.8, 4) is 0 Å². The van der Waals surface area contributed by atoms with E-state index in [1.54, 1.807) is 23.3 Å². The molecule has 0 fully saturated rings. The van der Waals surface area contributed by atoms with Crippen molar-refractivity contribution >= 4 is 6.09 Å². The minimum absolute atomic E-state index is 0.129. The summed E-state index contributed by atoms with van der Waals surface area (Å²) in [4.78, 5) is 13.5. The van der Waals surface area contributed by atoms with Gasteiger partial charge < -0.3 is 14.1 Å². The predicted octanol–water partition coefficient (Wildman–Crippen LogP) is 3.04. The minimum atomic E-state index is -0.304. The molecule has 0 aromatic carbocycles. The molecule has 0 aliphatic rings. The van der Waals surface area contributed by atoms with Gasteiger partial charge in [-0.05, 0) is 39.8 Å². The summed E-state index contributed by atoms with van der Waals surface area (Å²) in [6, 6.07) is 3.81. The molecule has 0 radical (unpaired) electrons. The topological polar surface area (TPSA) is 42.7 Å². The van der Waals surface area contributed by atoms with E-state index in [0.29, 0.717) is 5.76 Å². The molecule has 16 heavy (non-hydrogen) atoms. The van der Waals surface area contributed by atoms with Gasteiger partial charge in [-0.25, -0.2) is 4.79 Å². The molecule has 1 aromatic heterocycles. The first-order valence-electron chi connectivity index (χ1n) is 5.50. The monoisotopic (exact) mass is 225 g/mol. The van der Waals surface area contributed by atoms with Gasteiger partial charge in [0.15, 0.2) is 6.61 Å². The van der Waals surface area contributed by atoms with Gasteiger partial charge >= 0.3 is 6.09 Å². The van der Waals surface area contributed by atoms with Crippen LogP contribution in [-0.4, -0.2) is 23.1 Å². The third-order valence-corrected chi connectivity index (χ3v) is 2.24. The quantitative estimate of drug-likeness (QED) is 0.791. The Hall–Kier alpha value is -1.45. The fourth-order valence-corrected chi connectivity index (χ4v) is 1.62. The molecule has 0 saturated heterocycles. The summed E-state index contributed by atoms with van der Waals surface area (Å²) in [7, 11) is 0. The van der Waals surface area contributed by atoms with E-state index in [1.807, 2.05) is 27.7 Å². The summed E-state index contributed by atoms with van der Waals surface area (Å²) in [5.41, 5.74) is 0. The van der Waals surface area contributed by atoms with Gasteiger partial charge in [0.25, 0.3) is 0 Å². The van der Waals surface area contributed by atoms with Crippen LogP contribution < -0.4 is 0 Å². The van der Waals surface area contributed by atoms with Crippen LogP contribution in [0.4, 0.5) is 4.79 Å². The number of carbonyl (C=O) groups is 1. The summed E-state index contributed by atoms with van der Waals surface area (Å²) in [5.74, 6) is 0.654. The van der Waals surface area contributed by atoms with E-state index < -0.39 is 0 Å². The Morgan fingerprint density at radius 3 is 2.44 bits per heavy atom. The van der Waals surface area contributed by atoms with Gasteiger partial charge in [-0.2, -0.15) is 0 Å². The van der Waals surface area contributed by atoms with E-state index >= 15 is 0 Å². The first-order valence-corrected chi connectivity index (χ1v) is 5.50. The number of ether oxygens (including phenoxy) is 1. The highest BCUT2D eigenvalue weighted by molar-refractivity contribution is 5.68. The Morgan fingerprint density at radius 1 is 1.38 bits per heavy atom. The second-order valence-electron chi connectivity index (χ2n) is 4.23. The molecule has 0 saturated carbocycles. The number of furan rings is 1. The van der Waals surface area contributed by atoms with Crippen molar-refractivity contribution in [2.24, 2.45) is 0 Å². The van der Waals surface area contributed by atoms with Crippen LogP contribution in [-0.2, 0) is 11.3 Å². The summed E-state index contributed by atoms with van der Waals surface area (Å²) >= 11 is 0. The SMILES string of the molecule is CC(C)N(C(=O)OCc1ccco1)C(C)C. The Morgan fingerprint density at radius 2 is 2.00 bits per heavy atom. The lowest BCUT2D eigenvalue weighted by Gasteiger charge is -2.29. The molecule has 4 heteroatoms. The zero-order chi connectivity index (χ0) is 12.1. The normalized spacial score (nSPS) is 10.9. The van der Waals surface area contributed by atoms with Crippen molar-refractivity contribution in [3.05, 3.63) is 24.2 Å². The van der Waals surface area contributed by atoms with E-state index in [-0.39, 0.29) is 24.8 Å². The predicted molar refractivity (Wildman–Crippen MR) is 61.0 cm³/mol. The lowest BCUT2D eigenvalue weighted by Crippen LogP contribution is -2.42. The molecule has 0 aliphatic carbocycles. The average Bonchev–Trinajstić information content (AvgIpc) is 2.65. The third-order valence-electron chi connectivity index (χ3n) is 2.24. The Balaban J connectivity index is 2.50. The number of amides is 1. The van der Waals surface area contributed by atoms with E-state index in [4.69, 9.17) is 9.15 Å². The largest absolute Gasteiger partial charge is 0.466 e. The molecule has 0 spiro atoms. The second-order valence-corrected chi connectivity index (χ2v) is 4.23. The van der Waals surface area contributed by atoms with E-state index in [1.165, 1.54) is 0 Å². The van der Waals surface area contributed by atoms with Gasteiger partial charge in [-0.3, -0.25) is 0 Å². The summed E-state index contributed by atoms with van der Waals surface area (Å²) in [6.07, 6.45) is 1.26. The molecule has 1 rings (SSSR count). The first-order chi connectivity index (χ1) is 7.52. The van der Waals surface area contributed by atoms with Crippen molar-refractivity contribution in [2.75, 3.05) is 0 Å². The van der Waals surface area contributed by atoms with Crippen molar-refractivity contribution < 1.29 is 13.9 Å². The maximum Gasteiger partial charge on any atom is 0.410 e.